The van der Waals surface area contributed by atoms with Crippen molar-refractivity contribution >= 4 is 40.8 Å². The number of carbonyl (C=O) groups is 3. The number of hydrogen-bond donors (Lipinski definition) is 2. The maximum absolute atomic E-state index is 14.3. The van der Waals surface area contributed by atoms with E-state index in [-0.39, 0.29) is 18.5 Å². The van der Waals surface area contributed by atoms with Gasteiger partial charge in [0.2, 0.25) is 5.91 Å². The number of carbonyl (C=O) groups excluding carboxylic acids is 3. The highest BCUT2D eigenvalue weighted by Crippen LogP contribution is 2.38. The number of para-hydroxylation sites is 1. The number of ether oxygens (including phenoxy) is 1. The molecule has 2 aliphatic rings. The average molecular weight is 582 g/mol. The monoisotopic (exact) mass is 581 g/mol. The van der Waals surface area contributed by atoms with Crippen LogP contribution in [0.3, 0.4) is 0 Å². The minimum Gasteiger partial charge on any atom is -0.444 e. The lowest BCUT2D eigenvalue weighted by atomic mass is 9.83. The molecule has 0 spiro atoms. The zero-order valence-electron chi connectivity index (χ0n) is 25.0. The Bertz CT molecular complexity index is 1470. The lowest BCUT2D eigenvalue weighted by Crippen LogP contribution is -2.37. The Morgan fingerprint density at radius 1 is 0.907 bits per heavy atom. The van der Waals surface area contributed by atoms with Crippen molar-refractivity contribution in [1.82, 2.24) is 10.3 Å². The minimum absolute atomic E-state index is 0.232. The molecule has 1 heterocycles. The van der Waals surface area contributed by atoms with E-state index in [1.807, 2.05) is 48.5 Å². The third-order valence-electron chi connectivity index (χ3n) is 7.43. The zero-order chi connectivity index (χ0) is 30.4. The Kier molecular flexibility index (Phi) is 9.09. The van der Waals surface area contributed by atoms with Crippen LogP contribution in [0, 0.1) is 5.92 Å². The van der Waals surface area contributed by atoms with Crippen LogP contribution < -0.4 is 15.5 Å². The van der Waals surface area contributed by atoms with Gasteiger partial charge in [-0.2, -0.15) is 5.10 Å². The Labute approximate surface area is 252 Å². The van der Waals surface area contributed by atoms with Crippen LogP contribution in [-0.2, 0) is 16.1 Å². The number of rotatable bonds is 7. The summed E-state index contributed by atoms with van der Waals surface area (Å²) in [5, 5.41) is 11.9. The summed E-state index contributed by atoms with van der Waals surface area (Å²) in [6, 6.07) is 24.7. The molecule has 1 saturated carbocycles. The maximum atomic E-state index is 14.3. The largest absolute Gasteiger partial charge is 0.444 e. The van der Waals surface area contributed by atoms with Gasteiger partial charge in [-0.1, -0.05) is 67.8 Å². The summed E-state index contributed by atoms with van der Waals surface area (Å²) in [6.07, 6.45) is 4.98. The van der Waals surface area contributed by atoms with E-state index in [9.17, 15) is 14.4 Å². The molecule has 1 aliphatic carbocycles. The van der Waals surface area contributed by atoms with Crippen LogP contribution >= 0.6 is 0 Å². The van der Waals surface area contributed by atoms with Crippen molar-refractivity contribution in [3.8, 4) is 0 Å². The summed E-state index contributed by atoms with van der Waals surface area (Å²) in [7, 11) is 0. The number of nitrogens with one attached hydrogen (secondary N) is 2. The highest BCUT2D eigenvalue weighted by atomic mass is 16.6. The second-order valence-electron chi connectivity index (χ2n) is 11.9. The van der Waals surface area contributed by atoms with Crippen molar-refractivity contribution < 1.29 is 19.1 Å². The zero-order valence-corrected chi connectivity index (χ0v) is 25.0. The first-order chi connectivity index (χ1) is 20.7. The fraction of sp³-hybridized carbons (Fsp3) is 0.353. The van der Waals surface area contributed by atoms with Gasteiger partial charge in [-0.25, -0.2) is 14.6 Å². The normalized spacial score (nSPS) is 15.7. The number of urea groups is 1. The lowest BCUT2D eigenvalue weighted by molar-refractivity contribution is -0.115. The van der Waals surface area contributed by atoms with Crippen molar-refractivity contribution in [2.45, 2.75) is 65.0 Å². The van der Waals surface area contributed by atoms with Crippen LogP contribution in [0.5, 0.6) is 0 Å². The number of fused-ring (bicyclic) bond motifs is 1. The topological polar surface area (TPSA) is 103 Å². The molecule has 224 valence electrons. The van der Waals surface area contributed by atoms with Crippen molar-refractivity contribution in [3.05, 3.63) is 90.0 Å². The van der Waals surface area contributed by atoms with Crippen LogP contribution in [-0.4, -0.2) is 40.9 Å². The fourth-order valence-corrected chi connectivity index (χ4v) is 5.48. The quantitative estimate of drug-likeness (QED) is 0.308. The van der Waals surface area contributed by atoms with Gasteiger partial charge >= 0.3 is 12.1 Å². The highest BCUT2D eigenvalue weighted by Gasteiger charge is 2.34. The SMILES string of the molecule is CC(C)(C)OC(=O)NCC(=O)Nc1ccc(N2C(=O)N(Cc3ccccc3)N=C(C3CCCCC3)c3ccccc32)cc1. The lowest BCUT2D eigenvalue weighted by Gasteiger charge is -2.27. The van der Waals surface area contributed by atoms with Gasteiger partial charge in [0.1, 0.15) is 12.1 Å². The number of nitrogens with zero attached hydrogens (tertiary/aromatic N) is 3. The molecule has 0 bridgehead atoms. The molecule has 5 rings (SSSR count). The molecule has 0 radical (unpaired) electrons. The van der Waals surface area contributed by atoms with Crippen LogP contribution in [0.25, 0.3) is 0 Å². The Hall–Kier alpha value is -4.66. The summed E-state index contributed by atoms with van der Waals surface area (Å²) in [5.74, 6) is -0.109. The molecule has 1 fully saturated rings. The molecule has 3 aromatic rings. The first-order valence-electron chi connectivity index (χ1n) is 14.9. The number of hydrazone groups is 1. The van der Waals surface area contributed by atoms with Crippen LogP contribution in [0.15, 0.2) is 84.0 Å². The first kappa shape index (κ1) is 29.8. The molecule has 43 heavy (non-hydrogen) atoms. The smallest absolute Gasteiger partial charge is 0.408 e. The molecule has 3 aromatic carbocycles. The van der Waals surface area contributed by atoms with Gasteiger partial charge in [0.05, 0.1) is 23.6 Å². The Morgan fingerprint density at radius 3 is 2.28 bits per heavy atom. The van der Waals surface area contributed by atoms with Crippen molar-refractivity contribution in [3.63, 3.8) is 0 Å². The Morgan fingerprint density at radius 2 is 1.58 bits per heavy atom. The van der Waals surface area contributed by atoms with Gasteiger partial charge in [-0.3, -0.25) is 9.69 Å². The molecule has 9 heteroatoms. The minimum atomic E-state index is -0.661. The highest BCUT2D eigenvalue weighted by molar-refractivity contribution is 6.13. The van der Waals surface area contributed by atoms with E-state index in [4.69, 9.17) is 9.84 Å². The molecule has 1 aliphatic heterocycles. The average Bonchev–Trinajstić information content (AvgIpc) is 3.11. The van der Waals surface area contributed by atoms with E-state index in [0.29, 0.717) is 17.9 Å². The fourth-order valence-electron chi connectivity index (χ4n) is 5.48. The van der Waals surface area contributed by atoms with Gasteiger partial charge in [0.15, 0.2) is 0 Å². The molecule has 0 unspecified atom stereocenters. The molecule has 0 saturated heterocycles. The second kappa shape index (κ2) is 13.1. The van der Waals surface area contributed by atoms with Crippen LogP contribution in [0.2, 0.25) is 0 Å². The van der Waals surface area contributed by atoms with E-state index < -0.39 is 17.6 Å². The summed E-state index contributed by atoms with van der Waals surface area (Å²) < 4.78 is 5.18. The number of anilines is 3. The van der Waals surface area contributed by atoms with Crippen LogP contribution in [0.1, 0.15) is 64.0 Å². The van der Waals surface area contributed by atoms with E-state index in [1.54, 1.807) is 54.9 Å². The van der Waals surface area contributed by atoms with Gasteiger partial charge in [0.25, 0.3) is 0 Å². The molecule has 0 atom stereocenters. The second-order valence-corrected chi connectivity index (χ2v) is 11.9. The first-order valence-corrected chi connectivity index (χ1v) is 14.9. The number of benzene rings is 3. The molecule has 4 amide bonds. The van der Waals surface area contributed by atoms with E-state index >= 15 is 0 Å². The van der Waals surface area contributed by atoms with E-state index in [0.717, 1.165) is 48.2 Å². The molecular formula is C34H39N5O4. The van der Waals surface area contributed by atoms with Gasteiger partial charge in [0, 0.05) is 17.2 Å². The third-order valence-corrected chi connectivity index (χ3v) is 7.43. The van der Waals surface area contributed by atoms with Crippen LogP contribution in [0.4, 0.5) is 26.7 Å². The van der Waals surface area contributed by atoms with E-state index in [1.165, 1.54) is 6.42 Å². The molecule has 2 N–H and O–H groups in total. The molecule has 0 aromatic heterocycles. The van der Waals surface area contributed by atoms with Gasteiger partial charge in [-0.15, -0.1) is 0 Å². The molecular weight excluding hydrogens is 542 g/mol. The third kappa shape index (κ3) is 7.60. The predicted molar refractivity (Wildman–Crippen MR) is 168 cm³/mol. The summed E-state index contributed by atoms with van der Waals surface area (Å²) in [5.41, 5.74) is 4.24. The summed E-state index contributed by atoms with van der Waals surface area (Å²) in [4.78, 5) is 40.3. The van der Waals surface area contributed by atoms with Crippen molar-refractivity contribution in [1.29, 1.82) is 0 Å². The number of hydrogen-bond acceptors (Lipinski definition) is 5. The Balaban J connectivity index is 1.41. The maximum Gasteiger partial charge on any atom is 0.408 e. The number of amides is 4. The van der Waals surface area contributed by atoms with Gasteiger partial charge in [-0.05, 0) is 69.5 Å². The van der Waals surface area contributed by atoms with Crippen molar-refractivity contribution in [2.75, 3.05) is 16.8 Å². The van der Waals surface area contributed by atoms with Crippen molar-refractivity contribution in [2.24, 2.45) is 11.0 Å². The van der Waals surface area contributed by atoms with E-state index in [2.05, 4.69) is 16.7 Å². The summed E-state index contributed by atoms with van der Waals surface area (Å²) in [6.45, 7) is 5.38. The van der Waals surface area contributed by atoms with Gasteiger partial charge < -0.3 is 15.4 Å². The predicted octanol–water partition coefficient (Wildman–Crippen LogP) is 7.21. The summed E-state index contributed by atoms with van der Waals surface area (Å²) >= 11 is 0. The number of alkyl carbamates (subject to hydrolysis) is 1. The molecule has 9 nitrogen and oxygen atoms in total. The standard InChI is InChI=1S/C34H39N5O4/c1-34(2,3)43-32(41)35-22-30(40)36-26-18-20-27(21-19-26)39-29-17-11-10-16-28(29)31(25-14-8-5-9-15-25)37-38(33(39)42)23-24-12-6-4-7-13-24/h4,6-7,10-13,16-21,25H,5,8-9,14-15,22-23H2,1-3H3,(H,35,41)(H,36,40).